The molecular formula is C20H21FN2O3. The molecule has 0 aliphatic heterocycles. The molecule has 1 fully saturated rings. The van der Waals surface area contributed by atoms with Gasteiger partial charge < -0.3 is 9.88 Å². The fourth-order valence-corrected chi connectivity index (χ4v) is 3.01. The molecule has 1 aliphatic rings. The number of carbonyl (C=O) groups excluding carboxylic acids is 2. The molecule has 2 aromatic rings. The van der Waals surface area contributed by atoms with Gasteiger partial charge in [-0.15, -0.1) is 0 Å². The number of aromatic nitrogens is 1. The topological polar surface area (TPSA) is 68.2 Å². The second-order valence-electron chi connectivity index (χ2n) is 6.86. The van der Waals surface area contributed by atoms with Crippen molar-refractivity contribution in [1.29, 1.82) is 0 Å². The number of pyridine rings is 1. The Morgan fingerprint density at radius 3 is 2.58 bits per heavy atom. The highest BCUT2D eigenvalue weighted by molar-refractivity contribution is 6.00. The van der Waals surface area contributed by atoms with Crippen LogP contribution in [-0.2, 0) is 6.54 Å². The molecule has 0 saturated heterocycles. The van der Waals surface area contributed by atoms with Gasteiger partial charge in [0.2, 0.25) is 0 Å². The number of halogens is 1. The molecule has 1 aromatic heterocycles. The van der Waals surface area contributed by atoms with Crippen LogP contribution in [0.4, 0.5) is 4.39 Å². The second kappa shape index (κ2) is 7.23. The van der Waals surface area contributed by atoms with Crippen LogP contribution in [0.1, 0.15) is 51.1 Å². The van der Waals surface area contributed by atoms with Crippen molar-refractivity contribution in [3.63, 3.8) is 0 Å². The van der Waals surface area contributed by atoms with Gasteiger partial charge in [-0.2, -0.15) is 0 Å². The van der Waals surface area contributed by atoms with E-state index < -0.39 is 11.5 Å². The van der Waals surface area contributed by atoms with E-state index in [0.29, 0.717) is 23.5 Å². The summed E-state index contributed by atoms with van der Waals surface area (Å²) in [6.45, 7) is 1.85. The third-order valence-electron chi connectivity index (χ3n) is 4.51. The Bertz CT molecular complexity index is 909. The molecular weight excluding hydrogens is 335 g/mol. The molecule has 26 heavy (non-hydrogen) atoms. The highest BCUT2D eigenvalue weighted by Crippen LogP contribution is 2.33. The molecule has 1 aromatic carbocycles. The minimum Gasteiger partial charge on any atom is -0.355 e. The Hall–Kier alpha value is -2.76. The molecule has 0 bridgehead atoms. The molecule has 0 radical (unpaired) electrons. The number of nitrogens with zero attached hydrogens (tertiary/aromatic N) is 1. The van der Waals surface area contributed by atoms with Crippen LogP contribution in [-0.4, -0.2) is 23.3 Å². The lowest BCUT2D eigenvalue weighted by atomic mass is 10.0. The summed E-state index contributed by atoms with van der Waals surface area (Å²) in [6.07, 6.45) is 3.97. The third-order valence-corrected chi connectivity index (χ3v) is 4.51. The van der Waals surface area contributed by atoms with Crippen molar-refractivity contribution in [1.82, 2.24) is 9.88 Å². The zero-order chi connectivity index (χ0) is 18.8. The molecule has 136 valence electrons. The summed E-state index contributed by atoms with van der Waals surface area (Å²) in [4.78, 5) is 37.2. The first-order valence-electron chi connectivity index (χ1n) is 8.63. The monoisotopic (exact) mass is 356 g/mol. The van der Waals surface area contributed by atoms with Gasteiger partial charge in [-0.05, 0) is 55.0 Å². The molecule has 1 aliphatic carbocycles. The first-order valence-corrected chi connectivity index (χ1v) is 8.63. The molecule has 1 N–H and O–H groups in total. The van der Waals surface area contributed by atoms with Crippen molar-refractivity contribution in [3.8, 4) is 0 Å². The van der Waals surface area contributed by atoms with Crippen molar-refractivity contribution >= 4 is 11.7 Å². The molecule has 3 rings (SSSR count). The number of benzene rings is 1. The van der Waals surface area contributed by atoms with Crippen molar-refractivity contribution in [3.05, 3.63) is 68.9 Å². The lowest BCUT2D eigenvalue weighted by Gasteiger charge is -2.12. The summed E-state index contributed by atoms with van der Waals surface area (Å²) in [6, 6.07) is 5.88. The van der Waals surface area contributed by atoms with Crippen molar-refractivity contribution in [2.75, 3.05) is 7.05 Å². The number of carbonyl (C=O) groups is 2. The maximum Gasteiger partial charge on any atom is 0.263 e. The van der Waals surface area contributed by atoms with Gasteiger partial charge in [-0.3, -0.25) is 14.4 Å². The Balaban J connectivity index is 2.02. The van der Waals surface area contributed by atoms with E-state index in [9.17, 15) is 18.8 Å². The number of ketones is 1. The van der Waals surface area contributed by atoms with Crippen LogP contribution < -0.4 is 10.9 Å². The summed E-state index contributed by atoms with van der Waals surface area (Å²) < 4.78 is 15.0. The number of hydrogen-bond donors (Lipinski definition) is 1. The lowest BCUT2D eigenvalue weighted by molar-refractivity contribution is 0.0961. The average Bonchev–Trinajstić information content (AvgIpc) is 3.39. The Morgan fingerprint density at radius 1 is 1.23 bits per heavy atom. The van der Waals surface area contributed by atoms with Crippen LogP contribution >= 0.6 is 0 Å². The van der Waals surface area contributed by atoms with E-state index in [0.717, 1.165) is 18.4 Å². The summed E-state index contributed by atoms with van der Waals surface area (Å²) >= 11 is 0. The van der Waals surface area contributed by atoms with Gasteiger partial charge >= 0.3 is 0 Å². The van der Waals surface area contributed by atoms with Gasteiger partial charge in [-0.1, -0.05) is 6.07 Å². The quantitative estimate of drug-likeness (QED) is 0.809. The summed E-state index contributed by atoms with van der Waals surface area (Å²) in [5.41, 5.74) is 1.08. The number of rotatable bonds is 6. The van der Waals surface area contributed by atoms with Crippen molar-refractivity contribution < 1.29 is 14.0 Å². The van der Waals surface area contributed by atoms with E-state index in [1.54, 1.807) is 13.0 Å². The SMILES string of the molecule is CNC(=O)c1cc(C(=O)CC2CC2)cn(Cc2cc(C)cc(F)c2)c1=O. The predicted octanol–water partition coefficient (Wildman–Crippen LogP) is 2.69. The molecule has 0 unspecified atom stereocenters. The molecule has 1 saturated carbocycles. The lowest BCUT2D eigenvalue weighted by Crippen LogP contribution is -2.32. The van der Waals surface area contributed by atoms with Gasteiger partial charge in [0.1, 0.15) is 11.4 Å². The summed E-state index contributed by atoms with van der Waals surface area (Å²) in [7, 11) is 1.43. The molecule has 1 heterocycles. The Kier molecular flexibility index (Phi) is 5.02. The smallest absolute Gasteiger partial charge is 0.263 e. The third kappa shape index (κ3) is 4.07. The molecule has 0 atom stereocenters. The zero-order valence-electron chi connectivity index (χ0n) is 14.8. The Labute approximate surface area is 150 Å². The van der Waals surface area contributed by atoms with E-state index in [1.165, 1.54) is 36.0 Å². The summed E-state index contributed by atoms with van der Waals surface area (Å²) in [5.74, 6) is -0.611. The molecule has 0 spiro atoms. The number of nitrogens with one attached hydrogen (secondary N) is 1. The standard InChI is InChI=1S/C20H21FN2O3/c1-12-5-14(7-16(21)6-12)10-23-11-15(18(24)8-13-3-4-13)9-17(20(23)26)19(25)22-2/h5-7,9,11,13H,3-4,8,10H2,1-2H3,(H,22,25). The van der Waals surface area contributed by atoms with Crippen molar-refractivity contribution in [2.45, 2.75) is 32.7 Å². The average molecular weight is 356 g/mol. The minimum absolute atomic E-state index is 0.0812. The van der Waals surface area contributed by atoms with Gasteiger partial charge in [0.05, 0.1) is 6.54 Å². The van der Waals surface area contributed by atoms with Gasteiger partial charge in [0.25, 0.3) is 11.5 Å². The number of amides is 1. The highest BCUT2D eigenvalue weighted by atomic mass is 19.1. The van der Waals surface area contributed by atoms with Gasteiger partial charge in [0.15, 0.2) is 5.78 Å². The normalized spacial score (nSPS) is 13.5. The maximum atomic E-state index is 13.6. The van der Waals surface area contributed by atoms with Gasteiger partial charge in [0, 0.05) is 25.2 Å². The van der Waals surface area contributed by atoms with Crippen LogP contribution in [0.25, 0.3) is 0 Å². The van der Waals surface area contributed by atoms with E-state index in [-0.39, 0.29) is 23.7 Å². The number of hydrogen-bond acceptors (Lipinski definition) is 3. The Morgan fingerprint density at radius 2 is 1.96 bits per heavy atom. The number of aryl methyl sites for hydroxylation is 1. The fourth-order valence-electron chi connectivity index (χ4n) is 3.01. The van der Waals surface area contributed by atoms with Crippen LogP contribution in [0, 0.1) is 18.7 Å². The first kappa shape index (κ1) is 18.0. The zero-order valence-corrected chi connectivity index (χ0v) is 14.8. The predicted molar refractivity (Wildman–Crippen MR) is 96.0 cm³/mol. The van der Waals surface area contributed by atoms with Crippen LogP contribution in [0.5, 0.6) is 0 Å². The number of Topliss-reactive ketones (excluding diaryl/α,β-unsaturated/α-hetero) is 1. The van der Waals surface area contributed by atoms with E-state index in [1.807, 2.05) is 0 Å². The van der Waals surface area contributed by atoms with Crippen LogP contribution in [0.15, 0.2) is 35.3 Å². The largest absolute Gasteiger partial charge is 0.355 e. The van der Waals surface area contributed by atoms with E-state index in [4.69, 9.17) is 0 Å². The van der Waals surface area contributed by atoms with Crippen molar-refractivity contribution in [2.24, 2.45) is 5.92 Å². The van der Waals surface area contributed by atoms with Crippen LogP contribution in [0.2, 0.25) is 0 Å². The molecule has 1 amide bonds. The first-order chi connectivity index (χ1) is 12.4. The molecule has 5 nitrogen and oxygen atoms in total. The maximum absolute atomic E-state index is 13.6. The fraction of sp³-hybridized carbons (Fsp3) is 0.350. The van der Waals surface area contributed by atoms with Gasteiger partial charge in [-0.25, -0.2) is 4.39 Å². The minimum atomic E-state index is -0.541. The molecule has 6 heteroatoms. The highest BCUT2D eigenvalue weighted by Gasteiger charge is 2.26. The second-order valence-corrected chi connectivity index (χ2v) is 6.86. The van der Waals surface area contributed by atoms with E-state index >= 15 is 0 Å². The van der Waals surface area contributed by atoms with E-state index in [2.05, 4.69) is 5.32 Å². The summed E-state index contributed by atoms with van der Waals surface area (Å²) in [5, 5.41) is 2.43. The van der Waals surface area contributed by atoms with Crippen LogP contribution in [0.3, 0.4) is 0 Å².